The van der Waals surface area contributed by atoms with E-state index in [0.29, 0.717) is 17.1 Å². The number of ether oxygens (including phenoxy) is 2. The van der Waals surface area contributed by atoms with Gasteiger partial charge in [0.05, 0.1) is 12.7 Å². The van der Waals surface area contributed by atoms with Crippen LogP contribution >= 0.6 is 0 Å². The van der Waals surface area contributed by atoms with Crippen LogP contribution in [0.5, 0.6) is 11.5 Å². The molecule has 0 fully saturated rings. The quantitative estimate of drug-likeness (QED) is 0.424. The Kier molecular flexibility index (Phi) is 6.01. The molecule has 0 N–H and O–H groups in total. The Bertz CT molecular complexity index is 585. The zero-order valence-electron chi connectivity index (χ0n) is 13.2. The highest BCUT2D eigenvalue weighted by Gasteiger charge is 2.08. The number of carbonyl (C=O) groups excluding carboxylic acids is 1. The lowest BCUT2D eigenvalue weighted by Gasteiger charge is -2.06. The van der Waals surface area contributed by atoms with Crippen molar-refractivity contribution in [1.29, 1.82) is 0 Å². The maximum atomic E-state index is 12.0. The van der Waals surface area contributed by atoms with Gasteiger partial charge in [-0.1, -0.05) is 31.9 Å². The van der Waals surface area contributed by atoms with E-state index in [1.165, 1.54) is 24.8 Å². The van der Waals surface area contributed by atoms with E-state index in [2.05, 4.69) is 6.92 Å². The Morgan fingerprint density at radius 1 is 0.909 bits per heavy atom. The summed E-state index contributed by atoms with van der Waals surface area (Å²) in [7, 11) is 1.59. The lowest BCUT2D eigenvalue weighted by Crippen LogP contribution is -2.08. The molecular formula is C19H22O3. The van der Waals surface area contributed by atoms with Crippen LogP contribution < -0.4 is 9.47 Å². The summed E-state index contributed by atoms with van der Waals surface area (Å²) in [5, 5.41) is 0. The molecule has 2 rings (SSSR count). The maximum absolute atomic E-state index is 12.0. The first-order valence-corrected chi connectivity index (χ1v) is 7.68. The smallest absolute Gasteiger partial charge is 0.343 e. The summed E-state index contributed by atoms with van der Waals surface area (Å²) in [6.45, 7) is 2.20. The van der Waals surface area contributed by atoms with Gasteiger partial charge in [-0.05, 0) is 54.8 Å². The number of esters is 1. The lowest BCUT2D eigenvalue weighted by molar-refractivity contribution is 0.0734. The minimum Gasteiger partial charge on any atom is -0.497 e. The van der Waals surface area contributed by atoms with Gasteiger partial charge in [0, 0.05) is 0 Å². The van der Waals surface area contributed by atoms with E-state index in [4.69, 9.17) is 9.47 Å². The molecule has 0 aliphatic heterocycles. The van der Waals surface area contributed by atoms with Crippen LogP contribution in [0.15, 0.2) is 48.5 Å². The molecule has 0 atom stereocenters. The third-order valence-electron chi connectivity index (χ3n) is 3.53. The number of hydrogen-bond donors (Lipinski definition) is 0. The Morgan fingerprint density at radius 3 is 2.14 bits per heavy atom. The summed E-state index contributed by atoms with van der Waals surface area (Å²) in [6, 6.07) is 14.6. The van der Waals surface area contributed by atoms with Crippen molar-refractivity contribution in [3.05, 3.63) is 59.7 Å². The average Bonchev–Trinajstić information content (AvgIpc) is 2.57. The first-order chi connectivity index (χ1) is 10.7. The zero-order chi connectivity index (χ0) is 15.8. The highest BCUT2D eigenvalue weighted by molar-refractivity contribution is 5.91. The summed E-state index contributed by atoms with van der Waals surface area (Å²) < 4.78 is 10.4. The highest BCUT2D eigenvalue weighted by Crippen LogP contribution is 2.17. The molecule has 3 heteroatoms. The van der Waals surface area contributed by atoms with Gasteiger partial charge in [0.15, 0.2) is 0 Å². The molecule has 0 radical (unpaired) electrons. The number of rotatable bonds is 7. The Morgan fingerprint density at radius 2 is 1.55 bits per heavy atom. The van der Waals surface area contributed by atoms with E-state index in [-0.39, 0.29) is 5.97 Å². The number of hydrogen-bond acceptors (Lipinski definition) is 3. The van der Waals surface area contributed by atoms with Gasteiger partial charge >= 0.3 is 5.97 Å². The third kappa shape index (κ3) is 4.62. The minimum absolute atomic E-state index is 0.360. The summed E-state index contributed by atoms with van der Waals surface area (Å²) in [5.41, 5.74) is 1.78. The van der Waals surface area contributed by atoms with Crippen molar-refractivity contribution >= 4 is 5.97 Å². The van der Waals surface area contributed by atoms with Crippen molar-refractivity contribution < 1.29 is 14.3 Å². The molecule has 116 valence electrons. The van der Waals surface area contributed by atoms with E-state index < -0.39 is 0 Å². The molecular weight excluding hydrogens is 276 g/mol. The third-order valence-corrected chi connectivity index (χ3v) is 3.53. The van der Waals surface area contributed by atoms with E-state index in [9.17, 15) is 4.79 Å². The van der Waals surface area contributed by atoms with Crippen molar-refractivity contribution in [2.45, 2.75) is 32.6 Å². The largest absolute Gasteiger partial charge is 0.497 e. The summed E-state index contributed by atoms with van der Waals surface area (Å²) in [5.74, 6) is 0.925. The molecule has 0 spiro atoms. The number of carbonyl (C=O) groups is 1. The van der Waals surface area contributed by atoms with Crippen LogP contribution in [0.25, 0.3) is 0 Å². The monoisotopic (exact) mass is 298 g/mol. The first kappa shape index (κ1) is 16.1. The Hall–Kier alpha value is -2.29. The molecule has 2 aromatic rings. The standard InChI is InChI=1S/C19H22O3/c1-3-4-5-6-15-7-11-18(12-8-15)22-19(20)16-9-13-17(21-2)14-10-16/h7-14H,3-6H2,1-2H3. The van der Waals surface area contributed by atoms with Gasteiger partial charge in [0.1, 0.15) is 11.5 Å². The fourth-order valence-electron chi connectivity index (χ4n) is 2.20. The predicted octanol–water partition coefficient (Wildman–Crippen LogP) is 4.65. The Labute approximate surface area is 131 Å². The second kappa shape index (κ2) is 8.23. The van der Waals surface area contributed by atoms with Crippen LogP contribution in [0.2, 0.25) is 0 Å². The van der Waals surface area contributed by atoms with Crippen molar-refractivity contribution in [2.75, 3.05) is 7.11 Å². The summed E-state index contributed by atoms with van der Waals surface area (Å²) >= 11 is 0. The number of benzene rings is 2. The van der Waals surface area contributed by atoms with E-state index in [0.717, 1.165) is 6.42 Å². The molecule has 0 heterocycles. The van der Waals surface area contributed by atoms with Crippen LogP contribution in [0.1, 0.15) is 42.1 Å². The van der Waals surface area contributed by atoms with Gasteiger partial charge in [0.2, 0.25) is 0 Å². The maximum Gasteiger partial charge on any atom is 0.343 e. The average molecular weight is 298 g/mol. The second-order valence-corrected chi connectivity index (χ2v) is 5.22. The van der Waals surface area contributed by atoms with Crippen LogP contribution in [0.3, 0.4) is 0 Å². The molecule has 0 saturated heterocycles. The first-order valence-electron chi connectivity index (χ1n) is 7.68. The SMILES string of the molecule is CCCCCc1ccc(OC(=O)c2ccc(OC)cc2)cc1. The van der Waals surface area contributed by atoms with E-state index >= 15 is 0 Å². The molecule has 2 aromatic carbocycles. The molecule has 0 aliphatic rings. The fourth-order valence-corrected chi connectivity index (χ4v) is 2.20. The van der Waals surface area contributed by atoms with Crippen LogP contribution in [-0.2, 0) is 6.42 Å². The zero-order valence-corrected chi connectivity index (χ0v) is 13.2. The molecule has 3 nitrogen and oxygen atoms in total. The van der Waals surface area contributed by atoms with Crippen LogP contribution in [-0.4, -0.2) is 13.1 Å². The van der Waals surface area contributed by atoms with E-state index in [1.54, 1.807) is 31.4 Å². The minimum atomic E-state index is -0.360. The van der Waals surface area contributed by atoms with Gasteiger partial charge in [0.25, 0.3) is 0 Å². The number of aryl methyl sites for hydroxylation is 1. The molecule has 0 bridgehead atoms. The number of methoxy groups -OCH3 is 1. The van der Waals surface area contributed by atoms with Gasteiger partial charge < -0.3 is 9.47 Å². The molecule has 0 unspecified atom stereocenters. The van der Waals surface area contributed by atoms with Crippen molar-refractivity contribution in [3.8, 4) is 11.5 Å². The molecule has 0 saturated carbocycles. The molecule has 0 amide bonds. The normalized spacial score (nSPS) is 10.3. The lowest BCUT2D eigenvalue weighted by atomic mass is 10.1. The van der Waals surface area contributed by atoms with E-state index in [1.807, 2.05) is 24.3 Å². The predicted molar refractivity (Wildman–Crippen MR) is 87.6 cm³/mol. The summed E-state index contributed by atoms with van der Waals surface area (Å²) in [4.78, 5) is 12.0. The Balaban J connectivity index is 1.93. The van der Waals surface area contributed by atoms with Gasteiger partial charge in [-0.25, -0.2) is 4.79 Å². The topological polar surface area (TPSA) is 35.5 Å². The fraction of sp³-hybridized carbons (Fsp3) is 0.316. The molecule has 0 aromatic heterocycles. The van der Waals surface area contributed by atoms with Gasteiger partial charge in [-0.3, -0.25) is 0 Å². The molecule has 0 aliphatic carbocycles. The summed E-state index contributed by atoms with van der Waals surface area (Å²) in [6.07, 6.45) is 4.73. The van der Waals surface area contributed by atoms with Crippen LogP contribution in [0.4, 0.5) is 0 Å². The van der Waals surface area contributed by atoms with Gasteiger partial charge in [-0.2, -0.15) is 0 Å². The van der Waals surface area contributed by atoms with Crippen molar-refractivity contribution in [3.63, 3.8) is 0 Å². The van der Waals surface area contributed by atoms with Crippen molar-refractivity contribution in [2.24, 2.45) is 0 Å². The van der Waals surface area contributed by atoms with Crippen molar-refractivity contribution in [1.82, 2.24) is 0 Å². The highest BCUT2D eigenvalue weighted by atomic mass is 16.5. The number of unbranched alkanes of at least 4 members (excludes halogenated alkanes) is 2. The van der Waals surface area contributed by atoms with Gasteiger partial charge in [-0.15, -0.1) is 0 Å². The second-order valence-electron chi connectivity index (χ2n) is 5.22. The molecule has 22 heavy (non-hydrogen) atoms. The van der Waals surface area contributed by atoms with Crippen LogP contribution in [0, 0.1) is 0 Å².